The fourth-order valence-corrected chi connectivity index (χ4v) is 3.50. The average Bonchev–Trinajstić information content (AvgIpc) is 3.42. The quantitative estimate of drug-likeness (QED) is 0.854. The van der Waals surface area contributed by atoms with Gasteiger partial charge in [-0.05, 0) is 31.9 Å². The first-order valence-corrected chi connectivity index (χ1v) is 9.37. The Morgan fingerprint density at radius 1 is 1.37 bits per heavy atom. The van der Waals surface area contributed by atoms with Gasteiger partial charge in [-0.2, -0.15) is 4.98 Å². The van der Waals surface area contributed by atoms with Crippen LogP contribution in [0.25, 0.3) is 0 Å². The van der Waals surface area contributed by atoms with E-state index < -0.39 is 0 Å². The van der Waals surface area contributed by atoms with Crippen LogP contribution in [-0.4, -0.2) is 58.3 Å². The van der Waals surface area contributed by atoms with E-state index in [9.17, 15) is 4.79 Å². The van der Waals surface area contributed by atoms with Gasteiger partial charge in [-0.25, -0.2) is 9.78 Å². The number of amides is 2. The van der Waals surface area contributed by atoms with Gasteiger partial charge in [-0.3, -0.25) is 0 Å². The molecule has 2 aliphatic heterocycles. The van der Waals surface area contributed by atoms with E-state index in [1.165, 1.54) is 12.8 Å². The topological polar surface area (TPSA) is 96.6 Å². The number of aryl methyl sites for hydroxylation is 1. The third-order valence-electron chi connectivity index (χ3n) is 4.84. The van der Waals surface area contributed by atoms with E-state index in [0.717, 1.165) is 31.1 Å². The van der Waals surface area contributed by atoms with E-state index in [0.29, 0.717) is 24.8 Å². The Morgan fingerprint density at radius 3 is 3.00 bits per heavy atom. The van der Waals surface area contributed by atoms with Gasteiger partial charge in [0.1, 0.15) is 6.10 Å². The number of hydrogen-bond donors (Lipinski definition) is 1. The van der Waals surface area contributed by atoms with Crippen LogP contribution in [0.5, 0.6) is 5.75 Å². The molecule has 144 valence electrons. The lowest BCUT2D eigenvalue weighted by Crippen LogP contribution is -2.39. The highest BCUT2D eigenvalue weighted by Crippen LogP contribution is 2.30. The minimum Gasteiger partial charge on any atom is -0.485 e. The van der Waals surface area contributed by atoms with Crippen molar-refractivity contribution in [2.45, 2.75) is 38.8 Å². The van der Waals surface area contributed by atoms with Crippen molar-refractivity contribution in [3.8, 4) is 5.75 Å². The summed E-state index contributed by atoms with van der Waals surface area (Å²) < 4.78 is 11.2. The van der Waals surface area contributed by atoms with Gasteiger partial charge in [-0.15, -0.1) is 0 Å². The molecule has 0 spiro atoms. The molecular weight excluding hydrogens is 348 g/mol. The summed E-state index contributed by atoms with van der Waals surface area (Å²) >= 11 is 0. The molecule has 0 radical (unpaired) electrons. The highest BCUT2D eigenvalue weighted by Gasteiger charge is 2.29. The number of rotatable bonds is 5. The molecule has 1 N–H and O–H groups in total. The van der Waals surface area contributed by atoms with Crippen molar-refractivity contribution in [2.24, 2.45) is 0 Å². The van der Waals surface area contributed by atoms with Crippen LogP contribution in [0.15, 0.2) is 22.9 Å². The zero-order chi connectivity index (χ0) is 18.6. The molecule has 4 heterocycles. The maximum Gasteiger partial charge on any atom is 0.317 e. The molecule has 2 amide bonds. The van der Waals surface area contributed by atoms with Crippen LogP contribution in [0.3, 0.4) is 0 Å². The van der Waals surface area contributed by atoms with E-state index in [1.54, 1.807) is 18.0 Å². The van der Waals surface area contributed by atoms with Crippen molar-refractivity contribution in [3.05, 3.63) is 30.0 Å². The Bertz CT molecular complexity index is 789. The molecule has 9 heteroatoms. The Kier molecular flexibility index (Phi) is 5.08. The highest BCUT2D eigenvalue weighted by atomic mass is 16.5. The predicted octanol–water partition coefficient (Wildman–Crippen LogP) is 1.74. The minimum atomic E-state index is -0.150. The molecule has 9 nitrogen and oxygen atoms in total. The van der Waals surface area contributed by atoms with Crippen molar-refractivity contribution >= 4 is 11.8 Å². The second kappa shape index (κ2) is 7.81. The van der Waals surface area contributed by atoms with Crippen LogP contribution in [0.4, 0.5) is 10.6 Å². The summed E-state index contributed by atoms with van der Waals surface area (Å²) in [5.74, 6) is 2.66. The largest absolute Gasteiger partial charge is 0.485 e. The fraction of sp³-hybridized carbons (Fsp3) is 0.556. The molecule has 1 atom stereocenters. The summed E-state index contributed by atoms with van der Waals surface area (Å²) in [6, 6.07) is 3.70. The van der Waals surface area contributed by atoms with Gasteiger partial charge in [-0.1, -0.05) is 5.16 Å². The smallest absolute Gasteiger partial charge is 0.317 e. The Hall–Kier alpha value is -2.84. The average molecular weight is 372 g/mol. The zero-order valence-corrected chi connectivity index (χ0v) is 15.4. The van der Waals surface area contributed by atoms with Crippen molar-refractivity contribution < 1.29 is 14.1 Å². The molecule has 0 aromatic carbocycles. The number of anilines is 1. The minimum absolute atomic E-state index is 0.0352. The normalized spacial score (nSPS) is 19.5. The summed E-state index contributed by atoms with van der Waals surface area (Å²) in [5.41, 5.74) is 0. The van der Waals surface area contributed by atoms with Crippen molar-refractivity contribution in [2.75, 3.05) is 31.1 Å². The van der Waals surface area contributed by atoms with Crippen LogP contribution >= 0.6 is 0 Å². The summed E-state index contributed by atoms with van der Waals surface area (Å²) in [5, 5.41) is 6.52. The third-order valence-corrected chi connectivity index (χ3v) is 4.84. The standard InChI is InChI=1S/C18H24N6O3/c1-13-21-16(27-22-13)11-20-18(25)24-10-6-14(12-24)26-15-5-4-7-19-17(15)23-8-2-3-9-23/h4-5,7,14H,2-3,6,8-12H2,1H3,(H,20,25)/t14-/m1/s1. The van der Waals surface area contributed by atoms with E-state index in [1.807, 2.05) is 12.1 Å². The van der Waals surface area contributed by atoms with Crippen molar-refractivity contribution in [3.63, 3.8) is 0 Å². The van der Waals surface area contributed by atoms with E-state index in [4.69, 9.17) is 9.26 Å². The number of ether oxygens (including phenoxy) is 1. The van der Waals surface area contributed by atoms with Crippen molar-refractivity contribution in [1.29, 1.82) is 0 Å². The molecule has 0 saturated carbocycles. The number of nitrogens with zero attached hydrogens (tertiary/aromatic N) is 5. The molecule has 2 aromatic rings. The number of nitrogens with one attached hydrogen (secondary N) is 1. The monoisotopic (exact) mass is 372 g/mol. The maximum absolute atomic E-state index is 12.3. The second-order valence-electron chi connectivity index (χ2n) is 6.89. The number of likely N-dealkylation sites (tertiary alicyclic amines) is 1. The van der Waals surface area contributed by atoms with Gasteiger partial charge < -0.3 is 24.4 Å². The van der Waals surface area contributed by atoms with E-state index in [-0.39, 0.29) is 18.7 Å². The van der Waals surface area contributed by atoms with E-state index >= 15 is 0 Å². The number of carbonyl (C=O) groups is 1. The summed E-state index contributed by atoms with van der Waals surface area (Å²) in [6.45, 7) is 5.20. The lowest BCUT2D eigenvalue weighted by atomic mass is 10.3. The van der Waals surface area contributed by atoms with Gasteiger partial charge in [0.15, 0.2) is 17.4 Å². The van der Waals surface area contributed by atoms with Crippen LogP contribution in [0.2, 0.25) is 0 Å². The molecule has 4 rings (SSSR count). The number of aromatic nitrogens is 3. The molecule has 0 aliphatic carbocycles. The summed E-state index contributed by atoms with van der Waals surface area (Å²) in [6.07, 6.45) is 4.93. The maximum atomic E-state index is 12.3. The van der Waals surface area contributed by atoms with E-state index in [2.05, 4.69) is 25.3 Å². The van der Waals surface area contributed by atoms with Gasteiger partial charge in [0.2, 0.25) is 5.89 Å². The molecule has 27 heavy (non-hydrogen) atoms. The van der Waals surface area contributed by atoms with Crippen LogP contribution in [-0.2, 0) is 6.54 Å². The van der Waals surface area contributed by atoms with Crippen molar-refractivity contribution in [1.82, 2.24) is 25.3 Å². The molecule has 2 aliphatic rings. The Balaban J connectivity index is 1.31. The third kappa shape index (κ3) is 4.12. The lowest BCUT2D eigenvalue weighted by molar-refractivity contribution is 0.185. The van der Waals surface area contributed by atoms with Crippen LogP contribution < -0.4 is 15.0 Å². The predicted molar refractivity (Wildman–Crippen MR) is 97.6 cm³/mol. The van der Waals surface area contributed by atoms with Gasteiger partial charge in [0.25, 0.3) is 0 Å². The number of pyridine rings is 1. The SMILES string of the molecule is Cc1noc(CNC(=O)N2CC[C@@H](Oc3cccnc3N3CCCC3)C2)n1. The zero-order valence-electron chi connectivity index (χ0n) is 15.4. The number of carbonyl (C=O) groups excluding carboxylic acids is 1. The first kappa shape index (κ1) is 17.6. The first-order valence-electron chi connectivity index (χ1n) is 9.37. The summed E-state index contributed by atoms with van der Waals surface area (Å²) in [4.78, 5) is 24.9. The molecular formula is C18H24N6O3. The van der Waals surface area contributed by atoms with Gasteiger partial charge in [0, 0.05) is 32.3 Å². The van der Waals surface area contributed by atoms with Crippen LogP contribution in [0.1, 0.15) is 31.0 Å². The van der Waals surface area contributed by atoms with Gasteiger partial charge in [0.05, 0.1) is 13.1 Å². The Labute approximate surface area is 157 Å². The first-order chi connectivity index (χ1) is 13.2. The fourth-order valence-electron chi connectivity index (χ4n) is 3.50. The second-order valence-corrected chi connectivity index (χ2v) is 6.89. The number of urea groups is 1. The van der Waals surface area contributed by atoms with Crippen LogP contribution in [0, 0.1) is 6.92 Å². The molecule has 2 fully saturated rings. The molecule has 2 aromatic heterocycles. The van der Waals surface area contributed by atoms with Gasteiger partial charge >= 0.3 is 6.03 Å². The number of hydrogen-bond acceptors (Lipinski definition) is 7. The lowest BCUT2D eigenvalue weighted by Gasteiger charge is -2.22. The molecule has 0 unspecified atom stereocenters. The Morgan fingerprint density at radius 2 is 2.22 bits per heavy atom. The highest BCUT2D eigenvalue weighted by molar-refractivity contribution is 5.74. The molecule has 0 bridgehead atoms. The summed E-state index contributed by atoms with van der Waals surface area (Å²) in [7, 11) is 0. The molecule has 2 saturated heterocycles.